The number of thiol groups is 1. The number of hydrogen-bond donors (Lipinski definition) is 1. The molecule has 0 radical (unpaired) electrons. The number of hydrogen-bond acceptors (Lipinski definition) is 2. The van der Waals surface area contributed by atoms with Gasteiger partial charge in [-0.25, -0.2) is 0 Å². The van der Waals surface area contributed by atoms with E-state index in [1.54, 1.807) is 4.57 Å². The summed E-state index contributed by atoms with van der Waals surface area (Å²) in [6.45, 7) is 2.70. The Kier molecular flexibility index (Phi) is 5.54. The van der Waals surface area contributed by atoms with Crippen LogP contribution in [0.4, 0.5) is 0 Å². The van der Waals surface area contributed by atoms with Crippen molar-refractivity contribution < 1.29 is 0 Å². The molecule has 1 aromatic rings. The van der Waals surface area contributed by atoms with E-state index >= 15 is 0 Å². The summed E-state index contributed by atoms with van der Waals surface area (Å²) in [4.78, 5) is 11.6. The van der Waals surface area contributed by atoms with E-state index in [2.05, 4.69) is 12.6 Å². The largest absolute Gasteiger partial charge is 0.315 e. The fraction of sp³-hybridized carbons (Fsp3) is 0.583. The van der Waals surface area contributed by atoms with Crippen LogP contribution in [0.5, 0.6) is 0 Å². The molecule has 2 nitrogen and oxygen atoms in total. The van der Waals surface area contributed by atoms with E-state index in [4.69, 9.17) is 0 Å². The van der Waals surface area contributed by atoms with Gasteiger partial charge in [0.15, 0.2) is 0 Å². The van der Waals surface area contributed by atoms with Crippen LogP contribution in [-0.2, 0) is 6.54 Å². The minimum atomic E-state index is 0.145. The van der Waals surface area contributed by atoms with Crippen LogP contribution in [0.25, 0.3) is 0 Å². The Morgan fingerprint density at radius 1 is 1.27 bits per heavy atom. The molecule has 0 aromatic carbocycles. The minimum absolute atomic E-state index is 0.145. The molecule has 0 atom stereocenters. The van der Waals surface area contributed by atoms with Gasteiger partial charge in [-0.05, 0) is 31.6 Å². The van der Waals surface area contributed by atoms with E-state index < -0.39 is 0 Å². The normalized spacial score (nSPS) is 10.5. The molecule has 0 aliphatic rings. The maximum atomic E-state index is 11.6. The molecule has 0 fully saturated rings. The van der Waals surface area contributed by atoms with Crippen molar-refractivity contribution in [1.29, 1.82) is 0 Å². The number of pyridine rings is 1. The zero-order valence-electron chi connectivity index (χ0n) is 9.28. The van der Waals surface area contributed by atoms with Gasteiger partial charge in [-0.3, -0.25) is 4.79 Å². The van der Waals surface area contributed by atoms with Crippen molar-refractivity contribution in [3.63, 3.8) is 0 Å². The predicted molar refractivity (Wildman–Crippen MR) is 67.8 cm³/mol. The first-order valence-electron chi connectivity index (χ1n) is 5.52. The smallest absolute Gasteiger partial charge is 0.253 e. The van der Waals surface area contributed by atoms with Crippen LogP contribution >= 0.6 is 12.6 Å². The molecular weight excluding hydrogens is 206 g/mol. The highest BCUT2D eigenvalue weighted by atomic mass is 32.1. The van der Waals surface area contributed by atoms with Gasteiger partial charge in [0.25, 0.3) is 5.56 Å². The molecule has 0 aliphatic carbocycles. The summed E-state index contributed by atoms with van der Waals surface area (Å²) in [5.41, 5.74) is 0.972. The van der Waals surface area contributed by atoms with Crippen molar-refractivity contribution in [3.05, 3.63) is 34.2 Å². The van der Waals surface area contributed by atoms with Crippen LogP contribution in [0.2, 0.25) is 0 Å². The third kappa shape index (κ3) is 4.12. The van der Waals surface area contributed by atoms with E-state index in [0.29, 0.717) is 0 Å². The van der Waals surface area contributed by atoms with Crippen LogP contribution < -0.4 is 5.56 Å². The van der Waals surface area contributed by atoms with Crippen molar-refractivity contribution in [1.82, 2.24) is 4.57 Å². The van der Waals surface area contributed by atoms with Crippen molar-refractivity contribution in [2.45, 2.75) is 39.2 Å². The van der Waals surface area contributed by atoms with Crippen LogP contribution in [0, 0.1) is 6.92 Å². The van der Waals surface area contributed by atoms with Gasteiger partial charge in [-0.15, -0.1) is 0 Å². The Hall–Kier alpha value is -0.700. The van der Waals surface area contributed by atoms with Gasteiger partial charge in [0.1, 0.15) is 0 Å². The first-order chi connectivity index (χ1) is 7.25. The van der Waals surface area contributed by atoms with Crippen LogP contribution in [0.1, 0.15) is 31.2 Å². The van der Waals surface area contributed by atoms with Crippen molar-refractivity contribution in [3.8, 4) is 0 Å². The predicted octanol–water partition coefficient (Wildman–Crippen LogP) is 2.65. The van der Waals surface area contributed by atoms with E-state index in [1.165, 1.54) is 19.3 Å². The molecule has 0 aliphatic heterocycles. The van der Waals surface area contributed by atoms with Crippen molar-refractivity contribution in [2.75, 3.05) is 5.75 Å². The van der Waals surface area contributed by atoms with E-state index in [0.717, 1.165) is 24.3 Å². The highest BCUT2D eigenvalue weighted by molar-refractivity contribution is 7.80. The van der Waals surface area contributed by atoms with Crippen molar-refractivity contribution >= 4 is 12.6 Å². The number of unbranched alkanes of at least 4 members (excludes halogenated alkanes) is 3. The summed E-state index contributed by atoms with van der Waals surface area (Å²) in [7, 11) is 0. The summed E-state index contributed by atoms with van der Waals surface area (Å²) in [6.07, 6.45) is 6.52. The van der Waals surface area contributed by atoms with E-state index in [9.17, 15) is 4.79 Å². The third-order valence-corrected chi connectivity index (χ3v) is 2.83. The molecular formula is C12H19NOS. The molecule has 0 saturated carbocycles. The molecule has 0 amide bonds. The average Bonchev–Trinajstić information content (AvgIpc) is 2.24. The molecule has 1 aromatic heterocycles. The number of aryl methyl sites for hydroxylation is 2. The van der Waals surface area contributed by atoms with Crippen LogP contribution in [0.15, 0.2) is 23.1 Å². The Morgan fingerprint density at radius 3 is 2.73 bits per heavy atom. The van der Waals surface area contributed by atoms with Gasteiger partial charge in [0, 0.05) is 18.3 Å². The van der Waals surface area contributed by atoms with Gasteiger partial charge < -0.3 is 4.57 Å². The molecule has 0 N–H and O–H groups in total. The monoisotopic (exact) mass is 225 g/mol. The molecule has 3 heteroatoms. The summed E-state index contributed by atoms with van der Waals surface area (Å²) in [6, 6.07) is 3.80. The fourth-order valence-corrected chi connectivity index (χ4v) is 1.80. The van der Waals surface area contributed by atoms with Gasteiger partial charge in [0.2, 0.25) is 0 Å². The molecule has 1 rings (SSSR count). The lowest BCUT2D eigenvalue weighted by Gasteiger charge is -2.05. The van der Waals surface area contributed by atoms with Gasteiger partial charge in [-0.2, -0.15) is 12.6 Å². The highest BCUT2D eigenvalue weighted by Gasteiger charge is 1.97. The zero-order chi connectivity index (χ0) is 11.1. The van der Waals surface area contributed by atoms with Crippen LogP contribution in [-0.4, -0.2) is 10.3 Å². The van der Waals surface area contributed by atoms with Gasteiger partial charge in [-0.1, -0.05) is 18.9 Å². The molecule has 0 saturated heterocycles. The van der Waals surface area contributed by atoms with Crippen LogP contribution in [0.3, 0.4) is 0 Å². The number of rotatable bonds is 6. The lowest BCUT2D eigenvalue weighted by Crippen LogP contribution is -2.21. The summed E-state index contributed by atoms with van der Waals surface area (Å²) in [5.74, 6) is 0.963. The Morgan fingerprint density at radius 2 is 2.00 bits per heavy atom. The molecule has 15 heavy (non-hydrogen) atoms. The molecule has 1 heterocycles. The zero-order valence-corrected chi connectivity index (χ0v) is 10.2. The van der Waals surface area contributed by atoms with E-state index in [1.807, 2.05) is 25.3 Å². The lowest BCUT2D eigenvalue weighted by atomic mass is 10.2. The van der Waals surface area contributed by atoms with Gasteiger partial charge >= 0.3 is 0 Å². The Balaban J connectivity index is 2.38. The third-order valence-electron chi connectivity index (χ3n) is 2.52. The molecule has 0 bridgehead atoms. The Bertz CT molecular complexity index is 346. The summed E-state index contributed by atoms with van der Waals surface area (Å²) < 4.78 is 1.80. The minimum Gasteiger partial charge on any atom is -0.315 e. The average molecular weight is 225 g/mol. The molecule has 0 unspecified atom stereocenters. The quantitative estimate of drug-likeness (QED) is 0.583. The highest BCUT2D eigenvalue weighted by Crippen LogP contribution is 2.02. The number of nitrogens with zero attached hydrogens (tertiary/aromatic N) is 1. The second-order valence-electron chi connectivity index (χ2n) is 3.83. The topological polar surface area (TPSA) is 22.0 Å². The van der Waals surface area contributed by atoms with Crippen molar-refractivity contribution in [2.24, 2.45) is 0 Å². The fourth-order valence-electron chi connectivity index (χ4n) is 1.58. The lowest BCUT2D eigenvalue weighted by molar-refractivity contribution is 0.570. The maximum Gasteiger partial charge on any atom is 0.253 e. The standard InChI is InChI=1S/C12H19NOS/c1-11-7-6-9-13(12(11)14)8-4-2-3-5-10-15/h6-7,9,15H,2-5,8,10H2,1H3. The first kappa shape index (κ1) is 12.4. The second-order valence-corrected chi connectivity index (χ2v) is 4.27. The molecule has 84 valence electrons. The second kappa shape index (κ2) is 6.72. The SMILES string of the molecule is Cc1cccn(CCCCCCS)c1=O. The number of aromatic nitrogens is 1. The van der Waals surface area contributed by atoms with Gasteiger partial charge in [0.05, 0.1) is 0 Å². The first-order valence-corrected chi connectivity index (χ1v) is 6.16. The Labute approximate surface area is 96.7 Å². The summed E-state index contributed by atoms with van der Waals surface area (Å²) >= 11 is 4.17. The van der Waals surface area contributed by atoms with E-state index in [-0.39, 0.29) is 5.56 Å². The molecule has 0 spiro atoms. The maximum absolute atomic E-state index is 11.6. The summed E-state index contributed by atoms with van der Waals surface area (Å²) in [5, 5.41) is 0.